The smallest absolute Gasteiger partial charge is 0.203 e. The van der Waals surface area contributed by atoms with Crippen LogP contribution >= 0.6 is 11.3 Å². The van der Waals surface area contributed by atoms with Crippen LogP contribution in [-0.4, -0.2) is 44.9 Å². The van der Waals surface area contributed by atoms with Gasteiger partial charge in [-0.25, -0.2) is 9.98 Å². The SMILES string of the molecule is CCNC(=NCc1cc(OC)c(OCC)c(OC)c1)NCCc1ncc(C)s1. The Morgan fingerprint density at radius 2 is 1.86 bits per heavy atom. The predicted octanol–water partition coefficient (Wildman–Crippen LogP) is 3.17. The van der Waals surface area contributed by atoms with E-state index in [4.69, 9.17) is 14.2 Å². The second kappa shape index (κ2) is 11.4. The van der Waals surface area contributed by atoms with E-state index in [1.807, 2.05) is 32.2 Å². The van der Waals surface area contributed by atoms with Crippen LogP contribution in [0, 0.1) is 6.92 Å². The van der Waals surface area contributed by atoms with Crippen LogP contribution in [0.15, 0.2) is 23.3 Å². The number of hydrogen-bond donors (Lipinski definition) is 2. The van der Waals surface area contributed by atoms with Gasteiger partial charge in [-0.2, -0.15) is 0 Å². The standard InChI is InChI=1S/C20H30N4O3S/c1-6-21-20(22-9-8-18-23-12-14(3)28-18)24-13-15-10-16(25-4)19(27-7-2)17(11-15)26-5/h10-12H,6-9,13H2,1-5H3,(H2,21,22,24). The molecule has 1 heterocycles. The van der Waals surface area contributed by atoms with Crippen molar-refractivity contribution in [1.29, 1.82) is 0 Å². The number of benzene rings is 1. The topological polar surface area (TPSA) is 77.0 Å². The van der Waals surface area contributed by atoms with E-state index < -0.39 is 0 Å². The van der Waals surface area contributed by atoms with E-state index in [1.165, 1.54) is 4.88 Å². The Bertz CT molecular complexity index is 752. The fourth-order valence-electron chi connectivity index (χ4n) is 2.63. The average molecular weight is 407 g/mol. The maximum Gasteiger partial charge on any atom is 0.203 e. The quantitative estimate of drug-likeness (QED) is 0.466. The lowest BCUT2D eigenvalue weighted by atomic mass is 10.2. The molecule has 0 aliphatic carbocycles. The lowest BCUT2D eigenvalue weighted by Crippen LogP contribution is -2.38. The molecule has 0 aliphatic heterocycles. The van der Waals surface area contributed by atoms with Gasteiger partial charge >= 0.3 is 0 Å². The highest BCUT2D eigenvalue weighted by Gasteiger charge is 2.13. The molecule has 0 amide bonds. The monoisotopic (exact) mass is 406 g/mol. The van der Waals surface area contributed by atoms with E-state index in [0.717, 1.165) is 36.0 Å². The third kappa shape index (κ3) is 6.30. The third-order valence-corrected chi connectivity index (χ3v) is 4.85. The molecule has 0 radical (unpaired) electrons. The summed E-state index contributed by atoms with van der Waals surface area (Å²) < 4.78 is 16.6. The minimum absolute atomic E-state index is 0.491. The molecule has 2 aromatic rings. The average Bonchev–Trinajstić information content (AvgIpc) is 3.11. The first-order valence-electron chi connectivity index (χ1n) is 9.42. The van der Waals surface area contributed by atoms with Crippen LogP contribution in [-0.2, 0) is 13.0 Å². The molecular formula is C20H30N4O3S. The van der Waals surface area contributed by atoms with Gasteiger partial charge in [-0.3, -0.25) is 0 Å². The van der Waals surface area contributed by atoms with Crippen LogP contribution in [0.4, 0.5) is 0 Å². The van der Waals surface area contributed by atoms with Crippen molar-refractivity contribution in [2.75, 3.05) is 33.9 Å². The number of methoxy groups -OCH3 is 2. The summed E-state index contributed by atoms with van der Waals surface area (Å²) in [6.45, 7) is 8.64. The minimum atomic E-state index is 0.491. The Morgan fingerprint density at radius 3 is 2.39 bits per heavy atom. The summed E-state index contributed by atoms with van der Waals surface area (Å²) in [5, 5.41) is 7.75. The van der Waals surface area contributed by atoms with Crippen molar-refractivity contribution in [2.24, 2.45) is 4.99 Å². The van der Waals surface area contributed by atoms with Crippen LogP contribution in [0.5, 0.6) is 17.2 Å². The number of aliphatic imine (C=N–C) groups is 1. The van der Waals surface area contributed by atoms with Gasteiger partial charge < -0.3 is 24.8 Å². The number of hydrogen-bond acceptors (Lipinski definition) is 6. The van der Waals surface area contributed by atoms with Crippen molar-refractivity contribution >= 4 is 17.3 Å². The zero-order valence-electron chi connectivity index (χ0n) is 17.3. The van der Waals surface area contributed by atoms with E-state index in [1.54, 1.807) is 25.6 Å². The minimum Gasteiger partial charge on any atom is -0.493 e. The largest absolute Gasteiger partial charge is 0.493 e. The number of nitrogens with zero attached hydrogens (tertiary/aromatic N) is 2. The van der Waals surface area contributed by atoms with Crippen molar-refractivity contribution in [3.05, 3.63) is 33.8 Å². The number of thiazole rings is 1. The van der Waals surface area contributed by atoms with Crippen molar-refractivity contribution in [3.8, 4) is 17.2 Å². The van der Waals surface area contributed by atoms with E-state index in [-0.39, 0.29) is 0 Å². The van der Waals surface area contributed by atoms with Gasteiger partial charge in [0.05, 0.1) is 32.4 Å². The van der Waals surface area contributed by atoms with Gasteiger partial charge in [-0.1, -0.05) is 0 Å². The second-order valence-electron chi connectivity index (χ2n) is 6.00. The maximum absolute atomic E-state index is 5.65. The Morgan fingerprint density at radius 1 is 1.14 bits per heavy atom. The molecule has 0 saturated carbocycles. The molecule has 2 rings (SSSR count). The fourth-order valence-corrected chi connectivity index (χ4v) is 3.42. The first kappa shape index (κ1) is 21.8. The Hall–Kier alpha value is -2.48. The third-order valence-electron chi connectivity index (χ3n) is 3.87. The lowest BCUT2D eigenvalue weighted by molar-refractivity contribution is 0.288. The van der Waals surface area contributed by atoms with Crippen LogP contribution in [0.2, 0.25) is 0 Å². The van der Waals surface area contributed by atoms with E-state index in [2.05, 4.69) is 27.5 Å². The molecule has 0 spiro atoms. The van der Waals surface area contributed by atoms with Crippen LogP contribution in [0.3, 0.4) is 0 Å². The first-order chi connectivity index (χ1) is 13.6. The first-order valence-corrected chi connectivity index (χ1v) is 10.2. The zero-order chi connectivity index (χ0) is 20.4. The Labute approximate surface area is 171 Å². The molecule has 0 saturated heterocycles. The number of aryl methyl sites for hydroxylation is 1. The van der Waals surface area contributed by atoms with Gasteiger partial charge in [0.15, 0.2) is 17.5 Å². The van der Waals surface area contributed by atoms with E-state index >= 15 is 0 Å². The fraction of sp³-hybridized carbons (Fsp3) is 0.500. The second-order valence-corrected chi connectivity index (χ2v) is 7.32. The molecule has 1 aromatic carbocycles. The molecule has 0 aliphatic rings. The van der Waals surface area contributed by atoms with Gasteiger partial charge in [-0.15, -0.1) is 11.3 Å². The number of ether oxygens (including phenoxy) is 3. The summed E-state index contributed by atoms with van der Waals surface area (Å²) >= 11 is 1.73. The normalized spacial score (nSPS) is 11.2. The predicted molar refractivity (Wildman–Crippen MR) is 114 cm³/mol. The van der Waals surface area contributed by atoms with Crippen LogP contribution < -0.4 is 24.8 Å². The summed E-state index contributed by atoms with van der Waals surface area (Å²) in [5.74, 6) is 2.67. The summed E-state index contributed by atoms with van der Waals surface area (Å²) in [7, 11) is 3.24. The van der Waals surface area contributed by atoms with Crippen LogP contribution in [0.1, 0.15) is 29.3 Å². The van der Waals surface area contributed by atoms with Crippen molar-refractivity contribution in [2.45, 2.75) is 33.7 Å². The Kier molecular flexibility index (Phi) is 8.87. The molecular weight excluding hydrogens is 376 g/mol. The molecule has 0 unspecified atom stereocenters. The molecule has 0 atom stereocenters. The molecule has 28 heavy (non-hydrogen) atoms. The molecule has 7 nitrogen and oxygen atoms in total. The number of rotatable bonds is 10. The molecule has 0 fully saturated rings. The van der Waals surface area contributed by atoms with Gasteiger partial charge in [0.25, 0.3) is 0 Å². The molecule has 2 N–H and O–H groups in total. The van der Waals surface area contributed by atoms with E-state index in [9.17, 15) is 0 Å². The summed E-state index contributed by atoms with van der Waals surface area (Å²) in [4.78, 5) is 10.3. The Balaban J connectivity index is 2.06. The van der Waals surface area contributed by atoms with E-state index in [0.29, 0.717) is 30.4 Å². The number of guanidine groups is 1. The molecule has 154 valence electrons. The van der Waals surface area contributed by atoms with Gasteiger partial charge in [0, 0.05) is 30.6 Å². The van der Waals surface area contributed by atoms with Gasteiger partial charge in [0.1, 0.15) is 0 Å². The molecule has 1 aromatic heterocycles. The number of nitrogens with one attached hydrogen (secondary N) is 2. The molecule has 8 heteroatoms. The number of aromatic nitrogens is 1. The summed E-state index contributed by atoms with van der Waals surface area (Å²) in [6.07, 6.45) is 2.78. The highest BCUT2D eigenvalue weighted by molar-refractivity contribution is 7.11. The highest BCUT2D eigenvalue weighted by atomic mass is 32.1. The zero-order valence-corrected chi connectivity index (χ0v) is 18.1. The van der Waals surface area contributed by atoms with Crippen LogP contribution in [0.25, 0.3) is 0 Å². The maximum atomic E-state index is 5.65. The van der Waals surface area contributed by atoms with Gasteiger partial charge in [0.2, 0.25) is 5.75 Å². The highest BCUT2D eigenvalue weighted by Crippen LogP contribution is 2.38. The van der Waals surface area contributed by atoms with Crippen molar-refractivity contribution in [3.63, 3.8) is 0 Å². The van der Waals surface area contributed by atoms with Crippen molar-refractivity contribution < 1.29 is 14.2 Å². The molecule has 0 bridgehead atoms. The lowest BCUT2D eigenvalue weighted by Gasteiger charge is -2.15. The van der Waals surface area contributed by atoms with Gasteiger partial charge in [-0.05, 0) is 38.5 Å². The van der Waals surface area contributed by atoms with Crippen molar-refractivity contribution in [1.82, 2.24) is 15.6 Å². The summed E-state index contributed by atoms with van der Waals surface area (Å²) in [6, 6.07) is 3.86. The summed E-state index contributed by atoms with van der Waals surface area (Å²) in [5.41, 5.74) is 0.977.